The lowest BCUT2D eigenvalue weighted by molar-refractivity contribution is 0.358. The van der Waals surface area contributed by atoms with Gasteiger partial charge in [0.2, 0.25) is 0 Å². The molecule has 1 aromatic rings. The zero-order valence-electron chi connectivity index (χ0n) is 9.29. The lowest BCUT2D eigenvalue weighted by atomic mass is 9.94. The Labute approximate surface area is 101 Å². The van der Waals surface area contributed by atoms with Crippen LogP contribution in [0.1, 0.15) is 31.6 Å². The van der Waals surface area contributed by atoms with Gasteiger partial charge in [-0.1, -0.05) is 31.9 Å². The Morgan fingerprint density at radius 3 is 2.73 bits per heavy atom. The molecule has 3 N–H and O–H groups in total. The predicted octanol–water partition coefficient (Wildman–Crippen LogP) is 3.21. The minimum absolute atomic E-state index is 0.347. The highest BCUT2D eigenvalue weighted by Crippen LogP contribution is 2.24. The Balaban J connectivity index is 2.53. The van der Waals surface area contributed by atoms with Crippen LogP contribution in [0.2, 0.25) is 4.34 Å². The number of halogens is 1. The molecule has 0 bridgehead atoms. The van der Waals surface area contributed by atoms with E-state index in [4.69, 9.17) is 17.4 Å². The van der Waals surface area contributed by atoms with Crippen molar-refractivity contribution in [2.45, 2.75) is 39.2 Å². The maximum Gasteiger partial charge on any atom is 0.0931 e. The molecule has 0 amide bonds. The second-order valence-corrected chi connectivity index (χ2v) is 5.75. The van der Waals surface area contributed by atoms with Gasteiger partial charge in [0.15, 0.2) is 0 Å². The van der Waals surface area contributed by atoms with Gasteiger partial charge in [-0.25, -0.2) is 0 Å². The second kappa shape index (κ2) is 6.48. The van der Waals surface area contributed by atoms with Crippen molar-refractivity contribution in [1.82, 2.24) is 5.43 Å². The van der Waals surface area contributed by atoms with Crippen LogP contribution in [0.15, 0.2) is 12.1 Å². The quantitative estimate of drug-likeness (QED) is 0.598. The zero-order valence-corrected chi connectivity index (χ0v) is 10.9. The summed E-state index contributed by atoms with van der Waals surface area (Å²) in [6, 6.07) is 4.37. The highest BCUT2D eigenvalue weighted by atomic mass is 35.5. The first kappa shape index (κ1) is 13.0. The summed E-state index contributed by atoms with van der Waals surface area (Å²) in [7, 11) is 0. The fourth-order valence-electron chi connectivity index (χ4n) is 1.76. The van der Waals surface area contributed by atoms with Gasteiger partial charge in [0.1, 0.15) is 0 Å². The molecule has 1 heterocycles. The molecule has 0 fully saturated rings. The van der Waals surface area contributed by atoms with Crippen LogP contribution in [-0.4, -0.2) is 6.04 Å². The minimum Gasteiger partial charge on any atom is -0.271 e. The van der Waals surface area contributed by atoms with Gasteiger partial charge in [-0.05, 0) is 30.9 Å². The molecule has 0 radical (unpaired) electrons. The van der Waals surface area contributed by atoms with Gasteiger partial charge in [-0.15, -0.1) is 11.3 Å². The van der Waals surface area contributed by atoms with E-state index in [9.17, 15) is 0 Å². The molecular formula is C11H19ClN2S. The number of thiophene rings is 1. The minimum atomic E-state index is 0.347. The first-order valence-corrected chi connectivity index (χ1v) is 6.57. The van der Waals surface area contributed by atoms with E-state index in [-0.39, 0.29) is 0 Å². The Hall–Kier alpha value is -0.0900. The Morgan fingerprint density at radius 2 is 2.27 bits per heavy atom. The Morgan fingerprint density at radius 1 is 1.53 bits per heavy atom. The predicted molar refractivity (Wildman–Crippen MR) is 68.2 cm³/mol. The number of rotatable bonds is 6. The molecule has 0 aliphatic rings. The summed E-state index contributed by atoms with van der Waals surface area (Å²) in [6.45, 7) is 4.44. The SMILES string of the molecule is CCCC(C)C(Cc1ccc(Cl)s1)NN. The molecule has 1 aromatic heterocycles. The van der Waals surface area contributed by atoms with Crippen LogP contribution >= 0.6 is 22.9 Å². The molecule has 2 atom stereocenters. The molecule has 4 heteroatoms. The molecule has 0 aromatic carbocycles. The topological polar surface area (TPSA) is 38.0 Å². The molecule has 0 spiro atoms. The van der Waals surface area contributed by atoms with Gasteiger partial charge in [0.05, 0.1) is 4.34 Å². The molecule has 2 nitrogen and oxygen atoms in total. The number of hydrogen-bond donors (Lipinski definition) is 2. The highest BCUT2D eigenvalue weighted by molar-refractivity contribution is 7.16. The summed E-state index contributed by atoms with van der Waals surface area (Å²) in [5, 5.41) is 0. The first-order chi connectivity index (χ1) is 7.17. The standard InChI is InChI=1S/C11H19ClN2S/c1-3-4-8(2)10(14-13)7-9-5-6-11(12)15-9/h5-6,8,10,14H,3-4,7,13H2,1-2H3. The van der Waals surface area contributed by atoms with Crippen molar-refractivity contribution in [3.8, 4) is 0 Å². The maximum atomic E-state index is 5.89. The summed E-state index contributed by atoms with van der Waals surface area (Å²) >= 11 is 7.53. The summed E-state index contributed by atoms with van der Waals surface area (Å²) in [5.74, 6) is 6.18. The smallest absolute Gasteiger partial charge is 0.0931 e. The van der Waals surface area contributed by atoms with Crippen molar-refractivity contribution in [3.63, 3.8) is 0 Å². The largest absolute Gasteiger partial charge is 0.271 e. The van der Waals surface area contributed by atoms with Gasteiger partial charge in [-0.3, -0.25) is 11.3 Å². The third-order valence-corrected chi connectivity index (χ3v) is 3.95. The van der Waals surface area contributed by atoms with Crippen LogP contribution < -0.4 is 11.3 Å². The third-order valence-electron chi connectivity index (χ3n) is 2.69. The molecule has 0 aliphatic heterocycles. The van der Waals surface area contributed by atoms with E-state index in [0.29, 0.717) is 12.0 Å². The second-order valence-electron chi connectivity index (χ2n) is 3.95. The van der Waals surface area contributed by atoms with E-state index in [0.717, 1.165) is 10.8 Å². The van der Waals surface area contributed by atoms with E-state index in [1.165, 1.54) is 17.7 Å². The third kappa shape index (κ3) is 4.11. The van der Waals surface area contributed by atoms with Gasteiger partial charge >= 0.3 is 0 Å². The van der Waals surface area contributed by atoms with Gasteiger partial charge in [0, 0.05) is 10.9 Å². The number of nitrogens with one attached hydrogen (secondary N) is 1. The van der Waals surface area contributed by atoms with Gasteiger partial charge in [0.25, 0.3) is 0 Å². The van der Waals surface area contributed by atoms with Crippen molar-refractivity contribution in [1.29, 1.82) is 0 Å². The Kier molecular flexibility index (Phi) is 5.61. The van der Waals surface area contributed by atoms with Crippen molar-refractivity contribution in [2.24, 2.45) is 11.8 Å². The van der Waals surface area contributed by atoms with Crippen molar-refractivity contribution in [3.05, 3.63) is 21.3 Å². The molecule has 0 saturated carbocycles. The highest BCUT2D eigenvalue weighted by Gasteiger charge is 2.16. The molecule has 0 saturated heterocycles. The molecule has 15 heavy (non-hydrogen) atoms. The Bertz CT molecular complexity index is 288. The van der Waals surface area contributed by atoms with Crippen LogP contribution in [-0.2, 0) is 6.42 Å². The van der Waals surface area contributed by atoms with E-state index < -0.39 is 0 Å². The van der Waals surface area contributed by atoms with Crippen molar-refractivity contribution >= 4 is 22.9 Å². The fourth-order valence-corrected chi connectivity index (χ4v) is 2.90. The van der Waals surface area contributed by atoms with E-state index in [1.54, 1.807) is 11.3 Å². The van der Waals surface area contributed by atoms with Crippen LogP contribution in [0, 0.1) is 5.92 Å². The van der Waals surface area contributed by atoms with E-state index in [1.807, 2.05) is 6.07 Å². The summed E-state index contributed by atoms with van der Waals surface area (Å²) in [6.07, 6.45) is 3.37. The van der Waals surface area contributed by atoms with Crippen LogP contribution in [0.3, 0.4) is 0 Å². The number of hydrazine groups is 1. The molecule has 86 valence electrons. The molecule has 2 unspecified atom stereocenters. The van der Waals surface area contributed by atoms with E-state index >= 15 is 0 Å². The fraction of sp³-hybridized carbons (Fsp3) is 0.636. The van der Waals surface area contributed by atoms with Crippen LogP contribution in [0.5, 0.6) is 0 Å². The average Bonchev–Trinajstić information content (AvgIpc) is 2.61. The van der Waals surface area contributed by atoms with Crippen molar-refractivity contribution < 1.29 is 0 Å². The van der Waals surface area contributed by atoms with Gasteiger partial charge < -0.3 is 0 Å². The average molecular weight is 247 g/mol. The maximum absolute atomic E-state index is 5.89. The van der Waals surface area contributed by atoms with Crippen LogP contribution in [0.4, 0.5) is 0 Å². The summed E-state index contributed by atoms with van der Waals surface area (Å²) in [5.41, 5.74) is 2.91. The molecule has 0 aliphatic carbocycles. The normalized spacial score (nSPS) is 15.2. The number of nitrogens with two attached hydrogens (primary N) is 1. The van der Waals surface area contributed by atoms with E-state index in [2.05, 4.69) is 25.3 Å². The zero-order chi connectivity index (χ0) is 11.3. The van der Waals surface area contributed by atoms with Crippen molar-refractivity contribution in [2.75, 3.05) is 0 Å². The number of hydrogen-bond acceptors (Lipinski definition) is 3. The summed E-state index contributed by atoms with van der Waals surface area (Å²) < 4.78 is 0.851. The summed E-state index contributed by atoms with van der Waals surface area (Å²) in [4.78, 5) is 1.30. The van der Waals surface area contributed by atoms with Gasteiger partial charge in [-0.2, -0.15) is 0 Å². The van der Waals surface area contributed by atoms with Crippen LogP contribution in [0.25, 0.3) is 0 Å². The lowest BCUT2D eigenvalue weighted by Gasteiger charge is -2.22. The monoisotopic (exact) mass is 246 g/mol. The lowest BCUT2D eigenvalue weighted by Crippen LogP contribution is -2.41. The molecule has 1 rings (SSSR count). The molecular weight excluding hydrogens is 228 g/mol. The first-order valence-electron chi connectivity index (χ1n) is 5.37.